The van der Waals surface area contributed by atoms with E-state index in [1.165, 1.54) is 49.3 Å². The molecule has 0 N–H and O–H groups in total. The van der Waals surface area contributed by atoms with Crippen LogP contribution >= 0.6 is 0 Å². The van der Waals surface area contributed by atoms with Gasteiger partial charge in [0.1, 0.15) is 11.5 Å². The predicted molar refractivity (Wildman–Crippen MR) is 101 cm³/mol. The maximum absolute atomic E-state index is 11.9. The van der Waals surface area contributed by atoms with Crippen LogP contribution in [0, 0.1) is 10.1 Å². The van der Waals surface area contributed by atoms with Crippen LogP contribution in [0.25, 0.3) is 0 Å². The van der Waals surface area contributed by atoms with Crippen molar-refractivity contribution < 1.29 is 9.72 Å². The molecular weight excluding hydrogens is 310 g/mol. The van der Waals surface area contributed by atoms with Crippen molar-refractivity contribution >= 4 is 22.4 Å². The molecule has 1 aliphatic rings. The lowest BCUT2D eigenvalue weighted by Crippen LogP contribution is -2.17. The third-order valence-electron chi connectivity index (χ3n) is 2.85. The first-order valence-corrected chi connectivity index (χ1v) is 10.1. The lowest BCUT2D eigenvalue weighted by Gasteiger charge is -2.00. The zero-order valence-electron chi connectivity index (χ0n) is 14.8. The molecule has 1 aliphatic heterocycles. The molecule has 5 heteroatoms. The van der Waals surface area contributed by atoms with Crippen LogP contribution < -0.4 is 0 Å². The number of ketones is 1. The molecule has 0 unspecified atom stereocenters. The summed E-state index contributed by atoms with van der Waals surface area (Å²) < 4.78 is 0. The molecule has 130 valence electrons. The molecule has 0 aliphatic carbocycles. The Bertz CT molecular complexity index is 452. The third-order valence-corrected chi connectivity index (χ3v) is 5.25. The van der Waals surface area contributed by atoms with Gasteiger partial charge in [0.15, 0.2) is 5.75 Å². The molecule has 0 saturated carbocycles. The molecule has 1 aromatic rings. The van der Waals surface area contributed by atoms with Crippen molar-refractivity contribution in [3.63, 3.8) is 0 Å². The quantitative estimate of drug-likeness (QED) is 0.334. The molecule has 2 rings (SSSR count). The van der Waals surface area contributed by atoms with E-state index in [1.54, 1.807) is 12.1 Å². The zero-order valence-corrected chi connectivity index (χ0v) is 15.7. The van der Waals surface area contributed by atoms with Crippen LogP contribution in [0.5, 0.6) is 0 Å². The van der Waals surface area contributed by atoms with E-state index in [2.05, 4.69) is 27.7 Å². The van der Waals surface area contributed by atoms with Gasteiger partial charge in [-0.2, -0.15) is 0 Å². The number of nitro groups is 1. The van der Waals surface area contributed by atoms with Gasteiger partial charge >= 0.3 is 0 Å². The maximum Gasteiger partial charge on any atom is 0.269 e. The summed E-state index contributed by atoms with van der Waals surface area (Å²) >= 11 is 0. The van der Waals surface area contributed by atoms with Gasteiger partial charge in [0, 0.05) is 17.7 Å². The summed E-state index contributed by atoms with van der Waals surface area (Å²) in [6.45, 7) is 8.50. The molecule has 1 heterocycles. The lowest BCUT2D eigenvalue weighted by molar-refractivity contribution is -0.384. The first-order valence-electron chi connectivity index (χ1n) is 8.41. The van der Waals surface area contributed by atoms with Gasteiger partial charge in [-0.3, -0.25) is 14.9 Å². The predicted octanol–water partition coefficient (Wildman–Crippen LogP) is 5.02. The average Bonchev–Trinajstić information content (AvgIpc) is 3.02. The smallest absolute Gasteiger partial charge is 0.269 e. The Labute approximate surface area is 143 Å². The summed E-state index contributed by atoms with van der Waals surface area (Å²) in [6.07, 6.45) is 4.97. The van der Waals surface area contributed by atoms with Crippen LogP contribution in [0.1, 0.15) is 63.7 Å². The number of hydrogen-bond acceptors (Lipinski definition) is 3. The van der Waals surface area contributed by atoms with E-state index >= 15 is 0 Å². The van der Waals surface area contributed by atoms with E-state index in [-0.39, 0.29) is 22.4 Å². The number of nitrogens with zero attached hydrogens (tertiary/aromatic N) is 1. The number of carbonyl (C=O) groups is 1. The van der Waals surface area contributed by atoms with Gasteiger partial charge in [0.05, 0.1) is 4.92 Å². The summed E-state index contributed by atoms with van der Waals surface area (Å²) in [7, 11) is 0.245. The second kappa shape index (κ2) is 13.1. The van der Waals surface area contributed by atoms with E-state index in [1.807, 2.05) is 0 Å². The Hall–Kier alpha value is -1.36. The van der Waals surface area contributed by atoms with Crippen LogP contribution in [0.2, 0.25) is 0 Å². The Balaban J connectivity index is 0.000000704. The molecule has 0 spiro atoms. The van der Waals surface area contributed by atoms with Crippen molar-refractivity contribution in [2.75, 3.05) is 17.3 Å². The summed E-state index contributed by atoms with van der Waals surface area (Å²) in [5.41, 5.74) is 0.625. The molecule has 1 fully saturated rings. The van der Waals surface area contributed by atoms with E-state index in [0.717, 1.165) is 0 Å². The Kier molecular flexibility index (Phi) is 12.3. The number of hydrogen-bond donors (Lipinski definition) is 0. The average molecular weight is 341 g/mol. The minimum Gasteiger partial charge on any atom is -0.289 e. The van der Waals surface area contributed by atoms with Gasteiger partial charge in [-0.05, 0) is 35.9 Å². The highest BCUT2D eigenvalue weighted by Crippen LogP contribution is 2.17. The number of rotatable bonds is 4. The van der Waals surface area contributed by atoms with Crippen LogP contribution in [-0.2, 0) is 10.9 Å². The molecule has 0 bridgehead atoms. The van der Waals surface area contributed by atoms with Crippen LogP contribution in [0.4, 0.5) is 5.69 Å². The van der Waals surface area contributed by atoms with Crippen LogP contribution in [-0.4, -0.2) is 28.0 Å². The topological polar surface area (TPSA) is 60.2 Å². The lowest BCUT2D eigenvalue weighted by atomic mass is 10.1. The fourth-order valence-corrected chi connectivity index (χ4v) is 4.15. The standard InChI is InChI=1S/C12H14NO3S.2C3H8/c14-12(9-17-7-1-2-8-17)10-3-5-11(6-4-10)13(15)16;2*1-3-2/h3-6H,1-2,7-9H2;2*3H2,1-2H3/q+1;;. The van der Waals surface area contributed by atoms with Gasteiger partial charge in [-0.1, -0.05) is 40.5 Å². The molecule has 0 amide bonds. The van der Waals surface area contributed by atoms with Gasteiger partial charge < -0.3 is 0 Å². The Morgan fingerprint density at radius 3 is 1.87 bits per heavy atom. The molecule has 1 aromatic carbocycles. The van der Waals surface area contributed by atoms with Gasteiger partial charge in [0.2, 0.25) is 5.78 Å². The van der Waals surface area contributed by atoms with Crippen molar-refractivity contribution in [3.05, 3.63) is 39.9 Å². The van der Waals surface area contributed by atoms with Crippen molar-refractivity contribution in [2.24, 2.45) is 0 Å². The van der Waals surface area contributed by atoms with Crippen molar-refractivity contribution in [1.82, 2.24) is 0 Å². The molecular formula is C18H30NO3S+. The largest absolute Gasteiger partial charge is 0.289 e. The first-order chi connectivity index (χ1) is 11.0. The number of benzene rings is 1. The zero-order chi connectivity index (χ0) is 17.7. The molecule has 1 saturated heterocycles. The number of carbonyl (C=O) groups excluding carboxylic acids is 1. The third kappa shape index (κ3) is 9.39. The van der Waals surface area contributed by atoms with Crippen molar-refractivity contribution in [3.8, 4) is 0 Å². The first kappa shape index (κ1) is 21.6. The Morgan fingerprint density at radius 1 is 1.04 bits per heavy atom. The minimum absolute atomic E-state index is 0.0323. The summed E-state index contributed by atoms with van der Waals surface area (Å²) in [4.78, 5) is 22.0. The normalized spacial score (nSPS) is 13.4. The van der Waals surface area contributed by atoms with E-state index in [9.17, 15) is 14.9 Å². The van der Waals surface area contributed by atoms with E-state index < -0.39 is 4.92 Å². The van der Waals surface area contributed by atoms with Gasteiger partial charge in [-0.15, -0.1) is 0 Å². The second-order valence-corrected chi connectivity index (χ2v) is 7.84. The minimum atomic E-state index is -0.451. The van der Waals surface area contributed by atoms with Crippen LogP contribution in [0.15, 0.2) is 24.3 Å². The van der Waals surface area contributed by atoms with E-state index in [0.29, 0.717) is 11.3 Å². The summed E-state index contributed by atoms with van der Waals surface area (Å²) in [6, 6.07) is 5.90. The van der Waals surface area contributed by atoms with E-state index in [4.69, 9.17) is 0 Å². The van der Waals surface area contributed by atoms with Gasteiger partial charge in [0.25, 0.3) is 5.69 Å². The highest BCUT2D eigenvalue weighted by atomic mass is 32.2. The molecule has 0 atom stereocenters. The highest BCUT2D eigenvalue weighted by Gasteiger charge is 2.27. The Morgan fingerprint density at radius 2 is 1.48 bits per heavy atom. The highest BCUT2D eigenvalue weighted by molar-refractivity contribution is 7.97. The monoisotopic (exact) mass is 340 g/mol. The van der Waals surface area contributed by atoms with Crippen molar-refractivity contribution in [2.45, 2.75) is 53.4 Å². The number of nitro benzene ring substituents is 1. The molecule has 0 aromatic heterocycles. The molecule has 0 radical (unpaired) electrons. The fraction of sp³-hybridized carbons (Fsp3) is 0.611. The van der Waals surface area contributed by atoms with Crippen LogP contribution in [0.3, 0.4) is 0 Å². The second-order valence-electron chi connectivity index (χ2n) is 5.51. The van der Waals surface area contributed by atoms with Gasteiger partial charge in [-0.25, -0.2) is 0 Å². The molecule has 23 heavy (non-hydrogen) atoms. The fourth-order valence-electron chi connectivity index (χ4n) is 1.90. The SMILES string of the molecule is CCC.CCC.O=C(C[S+]1CCCC1)c1ccc([N+](=O)[O-])cc1. The summed E-state index contributed by atoms with van der Waals surface area (Å²) in [5, 5.41) is 10.5. The molecule has 4 nitrogen and oxygen atoms in total. The summed E-state index contributed by atoms with van der Waals surface area (Å²) in [5.74, 6) is 3.06. The number of non-ortho nitro benzene ring substituents is 1. The van der Waals surface area contributed by atoms with Crippen molar-refractivity contribution in [1.29, 1.82) is 0 Å². The maximum atomic E-state index is 11.9. The number of Topliss-reactive ketones (excluding diaryl/α,β-unsaturated/α-hetero) is 1.